The Morgan fingerprint density at radius 3 is 1.30 bits per heavy atom. The average Bonchev–Trinajstić information content (AvgIpc) is 2.73. The van der Waals surface area contributed by atoms with Crippen molar-refractivity contribution < 1.29 is 9.90 Å². The Bertz CT molecular complexity index is 397. The van der Waals surface area contributed by atoms with Crippen LogP contribution >= 0.6 is 0 Å². The fraction of sp³-hybridized carbons (Fsp3) is 0.821. The zero-order chi connectivity index (χ0) is 22.0. The van der Waals surface area contributed by atoms with E-state index in [0.29, 0.717) is 6.42 Å². The van der Waals surface area contributed by atoms with Gasteiger partial charge in [-0.2, -0.15) is 0 Å². The van der Waals surface area contributed by atoms with Crippen molar-refractivity contribution in [2.45, 2.75) is 148 Å². The molecule has 0 saturated carbocycles. The molecule has 0 unspecified atom stereocenters. The summed E-state index contributed by atoms with van der Waals surface area (Å²) in [4.78, 5) is 10.4. The van der Waals surface area contributed by atoms with E-state index in [1.807, 2.05) is 0 Å². The molecule has 0 amide bonds. The lowest BCUT2D eigenvalue weighted by Gasteiger charge is -2.04. The highest BCUT2D eigenvalue weighted by atomic mass is 16.4. The summed E-state index contributed by atoms with van der Waals surface area (Å²) in [5.74, 6) is -0.653. The highest BCUT2D eigenvalue weighted by molar-refractivity contribution is 5.66. The number of carbonyl (C=O) groups is 1. The third-order valence-corrected chi connectivity index (χ3v) is 5.85. The van der Waals surface area contributed by atoms with E-state index in [1.54, 1.807) is 0 Å². The van der Waals surface area contributed by atoms with Crippen LogP contribution in [0.5, 0.6) is 0 Å². The smallest absolute Gasteiger partial charge is 0.303 e. The number of rotatable bonds is 24. The molecule has 0 atom stereocenters. The molecule has 0 aromatic rings. The van der Waals surface area contributed by atoms with Gasteiger partial charge in [0.2, 0.25) is 0 Å². The van der Waals surface area contributed by atoms with Crippen molar-refractivity contribution in [3.63, 3.8) is 0 Å². The number of unbranched alkanes of at least 4 members (excludes halogenated alkanes) is 18. The van der Waals surface area contributed by atoms with E-state index in [1.165, 1.54) is 109 Å². The number of carboxylic acid groups (broad SMARTS) is 1. The summed E-state index contributed by atoms with van der Waals surface area (Å²) in [6.45, 7) is 2.18. The van der Waals surface area contributed by atoms with Crippen LogP contribution in [0.4, 0.5) is 0 Å². The van der Waals surface area contributed by atoms with Crippen molar-refractivity contribution in [3.05, 3.63) is 24.3 Å². The standard InChI is InChI=1S/C28H52O2/c1-2-3-4-5-6-7-8-9-10-11-12-13-14-15-16-17-18-19-20-21-22-23-24-25-26-27-28(29)30/h3-4,6-7H,2,5,8-27H2,1H3,(H,29,30). The van der Waals surface area contributed by atoms with Crippen LogP contribution in [0.1, 0.15) is 148 Å². The van der Waals surface area contributed by atoms with Gasteiger partial charge < -0.3 is 5.11 Å². The van der Waals surface area contributed by atoms with E-state index >= 15 is 0 Å². The van der Waals surface area contributed by atoms with Gasteiger partial charge in [0.05, 0.1) is 0 Å². The molecule has 0 aromatic heterocycles. The van der Waals surface area contributed by atoms with Gasteiger partial charge in [0.25, 0.3) is 0 Å². The Hall–Kier alpha value is -1.05. The first-order valence-corrected chi connectivity index (χ1v) is 13.3. The summed E-state index contributed by atoms with van der Waals surface area (Å²) in [5, 5.41) is 8.59. The molecule has 0 aliphatic carbocycles. The lowest BCUT2D eigenvalue weighted by atomic mass is 10.0. The van der Waals surface area contributed by atoms with E-state index in [-0.39, 0.29) is 0 Å². The highest BCUT2D eigenvalue weighted by Crippen LogP contribution is 2.15. The van der Waals surface area contributed by atoms with Crippen molar-refractivity contribution in [2.24, 2.45) is 0 Å². The van der Waals surface area contributed by atoms with Crippen LogP contribution in [0, 0.1) is 0 Å². The molecule has 0 spiro atoms. The van der Waals surface area contributed by atoms with Crippen LogP contribution in [0.15, 0.2) is 24.3 Å². The summed E-state index contributed by atoms with van der Waals surface area (Å²) in [6.07, 6.45) is 37.1. The van der Waals surface area contributed by atoms with Crippen molar-refractivity contribution in [2.75, 3.05) is 0 Å². The third kappa shape index (κ3) is 27.0. The topological polar surface area (TPSA) is 37.3 Å². The van der Waals surface area contributed by atoms with E-state index in [4.69, 9.17) is 5.11 Å². The quantitative estimate of drug-likeness (QED) is 0.125. The van der Waals surface area contributed by atoms with Crippen LogP contribution in [0.3, 0.4) is 0 Å². The summed E-state index contributed by atoms with van der Waals surface area (Å²) < 4.78 is 0. The predicted octanol–water partition coefficient (Wildman–Crippen LogP) is 9.79. The second-order valence-electron chi connectivity index (χ2n) is 8.88. The molecule has 0 aromatic carbocycles. The molecule has 1 N–H and O–H groups in total. The number of hydrogen-bond acceptors (Lipinski definition) is 1. The molecule has 0 rings (SSSR count). The van der Waals surface area contributed by atoms with Gasteiger partial charge in [0, 0.05) is 6.42 Å². The SMILES string of the molecule is CCC=CCC=CCCCCCCCCCCCCCCCCCCCCC(=O)O. The normalized spacial score (nSPS) is 11.8. The van der Waals surface area contributed by atoms with E-state index < -0.39 is 5.97 Å². The first kappa shape index (κ1) is 28.9. The lowest BCUT2D eigenvalue weighted by Crippen LogP contribution is -1.93. The molecule has 2 heteroatoms. The molecular formula is C28H52O2. The van der Waals surface area contributed by atoms with Gasteiger partial charge in [-0.3, -0.25) is 4.79 Å². The van der Waals surface area contributed by atoms with Crippen LogP contribution in [0.2, 0.25) is 0 Å². The summed E-state index contributed by atoms with van der Waals surface area (Å²) in [5.41, 5.74) is 0. The molecule has 176 valence electrons. The average molecular weight is 421 g/mol. The Morgan fingerprint density at radius 2 is 0.900 bits per heavy atom. The van der Waals surface area contributed by atoms with Crippen molar-refractivity contribution in [3.8, 4) is 0 Å². The number of carboxylic acids is 1. The van der Waals surface area contributed by atoms with E-state index in [0.717, 1.165) is 25.7 Å². The first-order chi connectivity index (χ1) is 14.8. The maximum Gasteiger partial charge on any atom is 0.303 e. The van der Waals surface area contributed by atoms with Crippen molar-refractivity contribution in [1.29, 1.82) is 0 Å². The zero-order valence-corrected chi connectivity index (χ0v) is 20.2. The molecule has 0 bridgehead atoms. The van der Waals surface area contributed by atoms with Gasteiger partial charge in [-0.1, -0.05) is 134 Å². The van der Waals surface area contributed by atoms with Gasteiger partial charge in [-0.05, 0) is 32.1 Å². The predicted molar refractivity (Wildman–Crippen MR) is 133 cm³/mol. The second kappa shape index (κ2) is 26.0. The summed E-state index contributed by atoms with van der Waals surface area (Å²) >= 11 is 0. The summed E-state index contributed by atoms with van der Waals surface area (Å²) in [6, 6.07) is 0. The monoisotopic (exact) mass is 420 g/mol. The number of hydrogen-bond donors (Lipinski definition) is 1. The maximum absolute atomic E-state index is 10.4. The Labute approximate surface area is 188 Å². The Kier molecular flexibility index (Phi) is 25.1. The largest absolute Gasteiger partial charge is 0.481 e. The first-order valence-electron chi connectivity index (χ1n) is 13.3. The van der Waals surface area contributed by atoms with Crippen molar-refractivity contribution >= 4 is 5.97 Å². The molecular weight excluding hydrogens is 368 g/mol. The number of aliphatic carboxylic acids is 1. The highest BCUT2D eigenvalue weighted by Gasteiger charge is 1.97. The molecule has 0 aliphatic heterocycles. The van der Waals surface area contributed by atoms with Gasteiger partial charge in [-0.15, -0.1) is 0 Å². The number of allylic oxidation sites excluding steroid dienone is 4. The van der Waals surface area contributed by atoms with Crippen molar-refractivity contribution in [1.82, 2.24) is 0 Å². The van der Waals surface area contributed by atoms with Crippen LogP contribution < -0.4 is 0 Å². The molecule has 30 heavy (non-hydrogen) atoms. The van der Waals surface area contributed by atoms with Gasteiger partial charge in [-0.25, -0.2) is 0 Å². The molecule has 2 nitrogen and oxygen atoms in total. The van der Waals surface area contributed by atoms with Crippen LogP contribution in [-0.2, 0) is 4.79 Å². The molecule has 0 aliphatic rings. The Balaban J connectivity index is 3.06. The minimum atomic E-state index is -0.653. The lowest BCUT2D eigenvalue weighted by molar-refractivity contribution is -0.137. The van der Waals surface area contributed by atoms with Gasteiger partial charge in [0.15, 0.2) is 0 Å². The minimum absolute atomic E-state index is 0.343. The van der Waals surface area contributed by atoms with E-state index in [2.05, 4.69) is 31.2 Å². The van der Waals surface area contributed by atoms with Gasteiger partial charge in [0.1, 0.15) is 0 Å². The Morgan fingerprint density at radius 1 is 0.533 bits per heavy atom. The molecule has 0 heterocycles. The fourth-order valence-electron chi connectivity index (χ4n) is 3.92. The summed E-state index contributed by atoms with van der Waals surface area (Å²) in [7, 11) is 0. The second-order valence-corrected chi connectivity index (χ2v) is 8.88. The molecule has 0 saturated heterocycles. The molecule has 0 fully saturated rings. The van der Waals surface area contributed by atoms with E-state index in [9.17, 15) is 4.79 Å². The zero-order valence-electron chi connectivity index (χ0n) is 20.2. The molecule has 0 radical (unpaired) electrons. The van der Waals surface area contributed by atoms with Crippen LogP contribution in [-0.4, -0.2) is 11.1 Å². The third-order valence-electron chi connectivity index (χ3n) is 5.85. The maximum atomic E-state index is 10.4. The van der Waals surface area contributed by atoms with Gasteiger partial charge >= 0.3 is 5.97 Å². The van der Waals surface area contributed by atoms with Crippen LogP contribution in [0.25, 0.3) is 0 Å². The minimum Gasteiger partial charge on any atom is -0.481 e. The fourth-order valence-corrected chi connectivity index (χ4v) is 3.92.